The fraction of sp³-hybridized carbons (Fsp3) is 0.619. The molecule has 0 saturated heterocycles. The molecule has 0 amide bonds. The molecule has 0 aromatic heterocycles. The smallest absolute Gasteiger partial charge is 0.0190 e. The Morgan fingerprint density at radius 1 is 1.09 bits per heavy atom. The molecule has 2 rings (SSSR count). The van der Waals surface area contributed by atoms with Crippen LogP contribution in [0.15, 0.2) is 18.7 Å². The fourth-order valence-electron chi connectivity index (χ4n) is 3.42. The first-order valence-electron chi connectivity index (χ1n) is 8.70. The Morgan fingerprint density at radius 2 is 1.68 bits per heavy atom. The summed E-state index contributed by atoms with van der Waals surface area (Å²) in [5.41, 5.74) is 6.51. The molecule has 1 heteroatoms. The van der Waals surface area contributed by atoms with Crippen LogP contribution in [0.3, 0.4) is 0 Å². The highest BCUT2D eigenvalue weighted by molar-refractivity contribution is 7.98. The van der Waals surface area contributed by atoms with E-state index in [4.69, 9.17) is 0 Å². The molecule has 22 heavy (non-hydrogen) atoms. The maximum Gasteiger partial charge on any atom is 0.0190 e. The normalized spacial score (nSPS) is 18.8. The predicted molar refractivity (Wildman–Crippen MR) is 103 cm³/mol. The van der Waals surface area contributed by atoms with E-state index in [1.165, 1.54) is 42.6 Å². The Morgan fingerprint density at radius 3 is 2.23 bits per heavy atom. The van der Waals surface area contributed by atoms with Crippen molar-refractivity contribution in [1.29, 1.82) is 0 Å². The highest BCUT2D eigenvalue weighted by Gasteiger charge is 2.37. The Bertz CT molecular complexity index is 537. The zero-order valence-electron chi connectivity index (χ0n) is 15.1. The van der Waals surface area contributed by atoms with Gasteiger partial charge < -0.3 is 0 Å². The van der Waals surface area contributed by atoms with Gasteiger partial charge in [-0.05, 0) is 58.1 Å². The molecule has 0 fully saturated rings. The number of thioether (sulfide) groups is 1. The minimum atomic E-state index is 0.288. The van der Waals surface area contributed by atoms with E-state index in [2.05, 4.69) is 65.1 Å². The second-order valence-electron chi connectivity index (χ2n) is 7.97. The van der Waals surface area contributed by atoms with E-state index in [0.717, 1.165) is 5.75 Å². The lowest BCUT2D eigenvalue weighted by Crippen LogP contribution is -2.34. The molecular weight excluding hydrogens is 284 g/mol. The molecule has 1 aliphatic rings. The highest BCUT2D eigenvalue weighted by Crippen LogP contribution is 2.46. The lowest BCUT2D eigenvalue weighted by atomic mass is 9.62. The van der Waals surface area contributed by atoms with Gasteiger partial charge in [0.2, 0.25) is 0 Å². The topological polar surface area (TPSA) is 0 Å². The summed E-state index contributed by atoms with van der Waals surface area (Å²) < 4.78 is 0. The largest absolute Gasteiger partial charge is 0.157 e. The predicted octanol–water partition coefficient (Wildman–Crippen LogP) is 6.71. The number of hydrogen-bond donors (Lipinski definition) is 0. The Labute approximate surface area is 141 Å². The molecule has 0 radical (unpaired) electrons. The minimum Gasteiger partial charge on any atom is -0.157 e. The van der Waals surface area contributed by atoms with Crippen LogP contribution in [0.2, 0.25) is 0 Å². The van der Waals surface area contributed by atoms with Crippen LogP contribution in [0.5, 0.6) is 0 Å². The molecule has 0 saturated carbocycles. The Balaban J connectivity index is 2.38. The highest BCUT2D eigenvalue weighted by atomic mass is 32.2. The third kappa shape index (κ3) is 3.62. The van der Waals surface area contributed by atoms with E-state index in [0.29, 0.717) is 5.41 Å². The summed E-state index contributed by atoms with van der Waals surface area (Å²) in [6, 6.07) is 4.92. The average molecular weight is 317 g/mol. The second-order valence-corrected chi connectivity index (χ2v) is 9.08. The molecule has 0 aliphatic heterocycles. The van der Waals surface area contributed by atoms with E-state index in [-0.39, 0.29) is 5.41 Å². The zero-order valence-corrected chi connectivity index (χ0v) is 15.9. The molecule has 0 atom stereocenters. The minimum absolute atomic E-state index is 0.288. The van der Waals surface area contributed by atoms with Crippen LogP contribution in [0.4, 0.5) is 0 Å². The van der Waals surface area contributed by atoms with Gasteiger partial charge in [-0.25, -0.2) is 0 Å². The van der Waals surface area contributed by atoms with Gasteiger partial charge in [0.25, 0.3) is 0 Å². The van der Waals surface area contributed by atoms with Crippen molar-refractivity contribution in [3.05, 3.63) is 41.0 Å². The van der Waals surface area contributed by atoms with Gasteiger partial charge in [-0.3, -0.25) is 0 Å². The molecule has 1 aliphatic carbocycles. The first kappa shape index (κ1) is 17.7. The van der Waals surface area contributed by atoms with Crippen LogP contribution in [0, 0.1) is 0 Å². The number of rotatable bonds is 6. The Kier molecular flexibility index (Phi) is 5.48. The maximum absolute atomic E-state index is 4.06. The molecule has 0 nitrogen and oxygen atoms in total. The van der Waals surface area contributed by atoms with Gasteiger partial charge in [0.15, 0.2) is 0 Å². The number of hydrogen-bond acceptors (Lipinski definition) is 1. The van der Waals surface area contributed by atoms with Crippen LogP contribution >= 0.6 is 11.8 Å². The standard InChI is InChI=1S/C21H32S/c1-7-9-12-22-15-17-14-19-18(13-16(17)8-2)20(3,4)10-11-21(19,5)6/h8,13-14H,2,7,9-12,15H2,1,3-6H3. The third-order valence-corrected chi connectivity index (χ3v) is 6.32. The van der Waals surface area contributed by atoms with Gasteiger partial charge in [-0.2, -0.15) is 11.8 Å². The monoisotopic (exact) mass is 316 g/mol. The summed E-state index contributed by atoms with van der Waals surface area (Å²) in [5.74, 6) is 2.38. The molecule has 122 valence electrons. The SMILES string of the molecule is C=Cc1cc2c(cc1CSCCCC)C(C)(C)CCC2(C)C. The second kappa shape index (κ2) is 6.83. The first-order valence-corrected chi connectivity index (χ1v) is 9.85. The lowest BCUT2D eigenvalue weighted by molar-refractivity contribution is 0.331. The van der Waals surface area contributed by atoms with Gasteiger partial charge in [0.05, 0.1) is 0 Å². The summed E-state index contributed by atoms with van der Waals surface area (Å²) in [7, 11) is 0. The Hall–Kier alpha value is -0.690. The summed E-state index contributed by atoms with van der Waals surface area (Å²) in [5, 5.41) is 0. The molecule has 0 heterocycles. The fourth-order valence-corrected chi connectivity index (χ4v) is 4.53. The molecular formula is C21H32S. The molecule has 0 bridgehead atoms. The van der Waals surface area contributed by atoms with Crippen molar-refractivity contribution in [1.82, 2.24) is 0 Å². The average Bonchev–Trinajstić information content (AvgIpc) is 2.48. The van der Waals surface area contributed by atoms with Crippen LogP contribution in [-0.2, 0) is 16.6 Å². The van der Waals surface area contributed by atoms with Crippen LogP contribution in [0.25, 0.3) is 6.08 Å². The summed E-state index contributed by atoms with van der Waals surface area (Å²) in [4.78, 5) is 0. The summed E-state index contributed by atoms with van der Waals surface area (Å²) in [6.07, 6.45) is 7.20. The van der Waals surface area contributed by atoms with Crippen molar-refractivity contribution in [3.63, 3.8) is 0 Å². The van der Waals surface area contributed by atoms with Gasteiger partial charge in [0, 0.05) is 5.75 Å². The first-order chi connectivity index (χ1) is 10.3. The number of fused-ring (bicyclic) bond motifs is 1. The molecule has 1 aromatic rings. The van der Waals surface area contributed by atoms with Crippen molar-refractivity contribution in [2.45, 2.75) is 76.9 Å². The van der Waals surface area contributed by atoms with Crippen LogP contribution in [0.1, 0.15) is 82.6 Å². The van der Waals surface area contributed by atoms with Gasteiger partial charge in [-0.1, -0.05) is 65.8 Å². The van der Waals surface area contributed by atoms with Gasteiger partial charge in [-0.15, -0.1) is 0 Å². The lowest BCUT2D eigenvalue weighted by Gasteiger charge is -2.42. The maximum atomic E-state index is 4.06. The van der Waals surface area contributed by atoms with Gasteiger partial charge >= 0.3 is 0 Å². The number of benzene rings is 1. The van der Waals surface area contributed by atoms with E-state index >= 15 is 0 Å². The molecule has 0 N–H and O–H groups in total. The number of unbranched alkanes of at least 4 members (excludes halogenated alkanes) is 1. The third-order valence-electron chi connectivity index (χ3n) is 5.23. The quantitative estimate of drug-likeness (QED) is 0.525. The van der Waals surface area contributed by atoms with Gasteiger partial charge in [0.1, 0.15) is 0 Å². The zero-order chi connectivity index (χ0) is 16.4. The van der Waals surface area contributed by atoms with E-state index < -0.39 is 0 Å². The van der Waals surface area contributed by atoms with Crippen LogP contribution in [-0.4, -0.2) is 5.75 Å². The van der Waals surface area contributed by atoms with E-state index in [1.807, 2.05) is 6.08 Å². The summed E-state index contributed by atoms with van der Waals surface area (Å²) in [6.45, 7) is 15.9. The van der Waals surface area contributed by atoms with E-state index in [9.17, 15) is 0 Å². The molecule has 1 aromatic carbocycles. The van der Waals surface area contributed by atoms with Crippen molar-refractivity contribution in [2.75, 3.05) is 5.75 Å². The van der Waals surface area contributed by atoms with Crippen molar-refractivity contribution in [3.8, 4) is 0 Å². The van der Waals surface area contributed by atoms with Crippen LogP contribution < -0.4 is 0 Å². The van der Waals surface area contributed by atoms with Crippen molar-refractivity contribution in [2.24, 2.45) is 0 Å². The molecule has 0 unspecified atom stereocenters. The van der Waals surface area contributed by atoms with E-state index in [1.54, 1.807) is 11.1 Å². The summed E-state index contributed by atoms with van der Waals surface area (Å²) >= 11 is 2.06. The molecule has 0 spiro atoms. The van der Waals surface area contributed by atoms with Crippen molar-refractivity contribution >= 4 is 17.8 Å². The van der Waals surface area contributed by atoms with Crippen molar-refractivity contribution < 1.29 is 0 Å².